The molecule has 0 fully saturated rings. The minimum absolute atomic E-state index is 0.437. The van der Waals surface area contributed by atoms with Crippen LogP contribution in [-0.2, 0) is 23.5 Å². The van der Waals surface area contributed by atoms with Gasteiger partial charge in [-0.3, -0.25) is 0 Å². The van der Waals surface area contributed by atoms with Crippen molar-refractivity contribution in [3.63, 3.8) is 0 Å². The number of benzene rings is 1. The number of rotatable bonds is 1. The molecule has 4 rings (SSSR count). The Labute approximate surface area is 111 Å². The zero-order chi connectivity index (χ0) is 11.9. The van der Waals surface area contributed by atoms with Crippen molar-refractivity contribution >= 4 is 11.8 Å². The molecule has 3 heteroatoms. The predicted octanol–water partition coefficient (Wildman–Crippen LogP) is 3.35. The largest absolute Gasteiger partial charge is 0.375 e. The highest BCUT2D eigenvalue weighted by Crippen LogP contribution is 2.43. The molecule has 1 aromatic carbocycles. The summed E-state index contributed by atoms with van der Waals surface area (Å²) < 4.78 is 8.13. The van der Waals surface area contributed by atoms with Crippen molar-refractivity contribution in [3.8, 4) is 0 Å². The fourth-order valence-electron chi connectivity index (χ4n) is 2.92. The van der Waals surface area contributed by atoms with Crippen LogP contribution in [0.25, 0.3) is 0 Å². The van der Waals surface area contributed by atoms with Crippen molar-refractivity contribution < 1.29 is 4.74 Å². The van der Waals surface area contributed by atoms with Gasteiger partial charge < -0.3 is 9.30 Å². The average Bonchev–Trinajstić information content (AvgIpc) is 2.98. The van der Waals surface area contributed by atoms with E-state index in [1.54, 1.807) is 0 Å². The number of hydrogen-bond donors (Lipinski definition) is 0. The Morgan fingerprint density at radius 3 is 3.00 bits per heavy atom. The Kier molecular flexibility index (Phi) is 2.49. The molecule has 0 N–H and O–H groups in total. The Bertz CT molecular complexity index is 576. The fourth-order valence-corrected chi connectivity index (χ4v) is 4.23. The van der Waals surface area contributed by atoms with Crippen molar-refractivity contribution in [2.24, 2.45) is 0 Å². The first-order chi connectivity index (χ1) is 8.93. The van der Waals surface area contributed by atoms with Crippen LogP contribution >= 0.6 is 11.8 Å². The summed E-state index contributed by atoms with van der Waals surface area (Å²) in [7, 11) is 0. The normalized spacial score (nSPS) is 21.7. The van der Waals surface area contributed by atoms with Crippen molar-refractivity contribution in [2.75, 3.05) is 6.61 Å². The highest BCUT2D eigenvalue weighted by Gasteiger charge is 2.29. The molecule has 18 heavy (non-hydrogen) atoms. The van der Waals surface area contributed by atoms with Crippen LogP contribution in [0.4, 0.5) is 0 Å². The predicted molar refractivity (Wildman–Crippen MR) is 73.7 cm³/mol. The summed E-state index contributed by atoms with van der Waals surface area (Å²) in [5.74, 6) is 1.12. The van der Waals surface area contributed by atoms with Gasteiger partial charge in [0.2, 0.25) is 0 Å². The lowest BCUT2D eigenvalue weighted by Crippen LogP contribution is -2.14. The SMILES string of the molecule is c1ccc([C@H]2SCc3cc4c(n32)COCC4)cc1. The molecule has 0 saturated heterocycles. The first kappa shape index (κ1) is 10.7. The molecule has 2 nitrogen and oxygen atoms in total. The van der Waals surface area contributed by atoms with Gasteiger partial charge >= 0.3 is 0 Å². The second-order valence-electron chi connectivity index (χ2n) is 4.85. The van der Waals surface area contributed by atoms with Crippen LogP contribution < -0.4 is 0 Å². The standard InChI is InChI=1S/C15H15NOS/c1-2-4-11(5-3-1)15-16-13(10-18-15)8-12-6-7-17-9-14(12)16/h1-5,8,15H,6-7,9-10H2/t15-/m1/s1. The van der Waals surface area contributed by atoms with Crippen molar-refractivity contribution in [2.45, 2.75) is 24.2 Å². The molecule has 0 saturated carbocycles. The van der Waals surface area contributed by atoms with Gasteiger partial charge in [0.25, 0.3) is 0 Å². The highest BCUT2D eigenvalue weighted by molar-refractivity contribution is 7.99. The second-order valence-corrected chi connectivity index (χ2v) is 5.92. The summed E-state index contributed by atoms with van der Waals surface area (Å²) in [4.78, 5) is 0. The number of aromatic nitrogens is 1. The van der Waals surface area contributed by atoms with E-state index in [1.807, 2.05) is 11.8 Å². The third-order valence-electron chi connectivity index (χ3n) is 3.77. The van der Waals surface area contributed by atoms with Crippen LogP contribution in [0.5, 0.6) is 0 Å². The van der Waals surface area contributed by atoms with Crippen LogP contribution in [0, 0.1) is 0 Å². The molecule has 0 aliphatic carbocycles. The Morgan fingerprint density at radius 1 is 1.22 bits per heavy atom. The summed E-state index contributed by atoms with van der Waals surface area (Å²) in [6.07, 6.45) is 1.07. The van der Waals surface area contributed by atoms with Gasteiger partial charge in [0.1, 0.15) is 5.37 Å². The zero-order valence-corrected chi connectivity index (χ0v) is 11.0. The van der Waals surface area contributed by atoms with Gasteiger partial charge in [-0.25, -0.2) is 0 Å². The van der Waals surface area contributed by atoms with Gasteiger partial charge in [0.05, 0.1) is 13.2 Å². The maximum Gasteiger partial charge on any atom is 0.105 e. The summed E-state index contributed by atoms with van der Waals surface area (Å²) in [5.41, 5.74) is 5.75. The van der Waals surface area contributed by atoms with E-state index in [1.165, 1.54) is 22.5 Å². The van der Waals surface area contributed by atoms with E-state index in [2.05, 4.69) is 41.0 Å². The number of ether oxygens (including phenoxy) is 1. The summed E-state index contributed by atoms with van der Waals surface area (Å²) in [5, 5.41) is 0.437. The van der Waals surface area contributed by atoms with Crippen LogP contribution in [-0.4, -0.2) is 11.2 Å². The van der Waals surface area contributed by atoms with E-state index in [4.69, 9.17) is 4.74 Å². The Balaban J connectivity index is 1.82. The monoisotopic (exact) mass is 257 g/mol. The van der Waals surface area contributed by atoms with Gasteiger partial charge in [-0.05, 0) is 23.6 Å². The number of thioether (sulfide) groups is 1. The van der Waals surface area contributed by atoms with Crippen LogP contribution in [0.1, 0.15) is 27.9 Å². The minimum atomic E-state index is 0.437. The summed E-state index contributed by atoms with van der Waals surface area (Å²) in [6, 6.07) is 13.2. The molecule has 2 aliphatic heterocycles. The minimum Gasteiger partial charge on any atom is -0.375 e. The maximum atomic E-state index is 5.63. The third kappa shape index (κ3) is 1.54. The lowest BCUT2D eigenvalue weighted by Gasteiger charge is -2.20. The van der Waals surface area contributed by atoms with Gasteiger partial charge in [0, 0.05) is 17.1 Å². The average molecular weight is 257 g/mol. The fraction of sp³-hybridized carbons (Fsp3) is 0.333. The number of fused-ring (bicyclic) bond motifs is 3. The lowest BCUT2D eigenvalue weighted by atomic mass is 10.1. The van der Waals surface area contributed by atoms with Crippen LogP contribution in [0.2, 0.25) is 0 Å². The molecule has 2 aliphatic rings. The molecule has 3 heterocycles. The summed E-state index contributed by atoms with van der Waals surface area (Å²) >= 11 is 2.01. The highest BCUT2D eigenvalue weighted by atomic mass is 32.2. The van der Waals surface area contributed by atoms with E-state index < -0.39 is 0 Å². The van der Waals surface area contributed by atoms with Gasteiger partial charge in [-0.2, -0.15) is 0 Å². The lowest BCUT2D eigenvalue weighted by molar-refractivity contribution is 0.105. The molecule has 0 unspecified atom stereocenters. The Hall–Kier alpha value is -1.19. The first-order valence-electron chi connectivity index (χ1n) is 6.39. The molecule has 92 valence electrons. The molecule has 1 aromatic heterocycles. The molecule has 2 aromatic rings. The molecule has 0 bridgehead atoms. The van der Waals surface area contributed by atoms with E-state index >= 15 is 0 Å². The molecule has 0 amide bonds. The molecule has 0 spiro atoms. The van der Waals surface area contributed by atoms with Crippen LogP contribution in [0.15, 0.2) is 36.4 Å². The third-order valence-corrected chi connectivity index (χ3v) is 5.04. The van der Waals surface area contributed by atoms with Crippen molar-refractivity contribution in [1.29, 1.82) is 0 Å². The molecular weight excluding hydrogens is 242 g/mol. The second kappa shape index (κ2) is 4.18. The molecule has 1 atom stereocenters. The van der Waals surface area contributed by atoms with Crippen LogP contribution in [0.3, 0.4) is 0 Å². The quantitative estimate of drug-likeness (QED) is 0.777. The smallest absolute Gasteiger partial charge is 0.105 e. The zero-order valence-electron chi connectivity index (χ0n) is 10.1. The van der Waals surface area contributed by atoms with E-state index in [9.17, 15) is 0 Å². The topological polar surface area (TPSA) is 14.2 Å². The van der Waals surface area contributed by atoms with E-state index in [0.717, 1.165) is 25.4 Å². The van der Waals surface area contributed by atoms with Crippen molar-refractivity contribution in [3.05, 3.63) is 58.9 Å². The Morgan fingerprint density at radius 2 is 2.11 bits per heavy atom. The van der Waals surface area contributed by atoms with E-state index in [-0.39, 0.29) is 0 Å². The summed E-state index contributed by atoms with van der Waals surface area (Å²) in [6.45, 7) is 1.65. The van der Waals surface area contributed by atoms with Gasteiger partial charge in [-0.15, -0.1) is 11.8 Å². The number of hydrogen-bond acceptors (Lipinski definition) is 2. The van der Waals surface area contributed by atoms with Gasteiger partial charge in [0.15, 0.2) is 0 Å². The van der Waals surface area contributed by atoms with Gasteiger partial charge in [-0.1, -0.05) is 30.3 Å². The molecular formula is C15H15NOS. The van der Waals surface area contributed by atoms with Crippen molar-refractivity contribution in [1.82, 2.24) is 4.57 Å². The first-order valence-corrected chi connectivity index (χ1v) is 7.44. The maximum absolute atomic E-state index is 5.63. The molecule has 0 radical (unpaired) electrons. The number of nitrogens with zero attached hydrogens (tertiary/aromatic N) is 1. The van der Waals surface area contributed by atoms with E-state index in [0.29, 0.717) is 5.37 Å².